The summed E-state index contributed by atoms with van der Waals surface area (Å²) in [5, 5.41) is 20.8. The van der Waals surface area contributed by atoms with Gasteiger partial charge < -0.3 is 34.2 Å². The fourth-order valence-corrected chi connectivity index (χ4v) is 16.8. The molecule has 0 aliphatic rings. The van der Waals surface area contributed by atoms with Crippen molar-refractivity contribution < 1.29 is 75.8 Å². The molecule has 0 rings (SSSR count). The molecule has 5 unspecified atom stereocenters. The molecular weight excluding hydrogens is 1720 g/mol. The number of ether oxygens (including phenoxy) is 3. The van der Waals surface area contributed by atoms with E-state index in [1.165, 1.54) is 238 Å². The molecule has 4 N–H and O–H groups in total. The average molecular weight is 1920 g/mol. The highest BCUT2D eigenvalue weighted by Crippen LogP contribution is 2.45. The number of rotatable bonds is 103. The first-order chi connectivity index (χ1) is 66.2. The van der Waals surface area contributed by atoms with Gasteiger partial charge in [0.15, 0.2) is 6.10 Å². The number of allylic oxidation sites excluding steroid dienone is 32. The van der Waals surface area contributed by atoms with Crippen molar-refractivity contribution in [2.75, 3.05) is 39.6 Å². The summed E-state index contributed by atoms with van der Waals surface area (Å²) in [6.07, 6.45) is 145. The van der Waals surface area contributed by atoms with E-state index in [9.17, 15) is 43.5 Å². The summed E-state index contributed by atoms with van der Waals surface area (Å²) < 4.78 is 61.8. The van der Waals surface area contributed by atoms with Gasteiger partial charge in [-0.3, -0.25) is 32.5 Å². The van der Waals surface area contributed by atoms with Crippen LogP contribution in [0.5, 0.6) is 0 Å². The molecule has 16 nitrogen and oxygen atoms in total. The average Bonchev–Trinajstić information content (AvgIpc) is 0.895. The third kappa shape index (κ3) is 109. The summed E-state index contributed by atoms with van der Waals surface area (Å²) in [6, 6.07) is 0. The van der Waals surface area contributed by atoms with Crippen LogP contribution in [0, 0.1) is 0 Å². The predicted molar refractivity (Wildman–Crippen MR) is 574 cm³/mol. The predicted octanol–water partition coefficient (Wildman–Crippen LogP) is 35.2. The van der Waals surface area contributed by atoms with Crippen molar-refractivity contribution in [3.63, 3.8) is 0 Å². The van der Waals surface area contributed by atoms with Gasteiger partial charge in [0, 0.05) is 19.3 Å². The van der Waals surface area contributed by atoms with Gasteiger partial charge in [0.1, 0.15) is 25.4 Å². The molecule has 0 spiro atoms. The van der Waals surface area contributed by atoms with E-state index in [1.807, 2.05) is 0 Å². The van der Waals surface area contributed by atoms with E-state index < -0.39 is 91.5 Å². The fraction of sp³-hybridized carbons (Fsp3) is 0.701. The van der Waals surface area contributed by atoms with Crippen LogP contribution >= 0.6 is 15.6 Å². The number of aliphatic hydroxyl groups excluding tert-OH is 2. The van der Waals surface area contributed by atoms with E-state index in [4.69, 9.17) is 32.3 Å². The highest BCUT2D eigenvalue weighted by Gasteiger charge is 2.30. The van der Waals surface area contributed by atoms with E-state index in [1.54, 1.807) is 0 Å². The Balaban J connectivity index is 4.59. The molecule has 0 radical (unpaired) electrons. The highest BCUT2D eigenvalue weighted by atomic mass is 31.2. The van der Waals surface area contributed by atoms with Crippen LogP contribution in [-0.2, 0) is 55.8 Å². The normalized spacial score (nSPS) is 14.3. The number of phosphoric acid groups is 2. The molecule has 0 aromatic carbocycles. The van der Waals surface area contributed by atoms with Crippen LogP contribution in [-0.4, -0.2) is 95.9 Å². The number of esters is 3. The zero-order valence-electron chi connectivity index (χ0n) is 86.0. The van der Waals surface area contributed by atoms with E-state index in [2.05, 4.69) is 215 Å². The molecular formula is C117H200O16P2. The monoisotopic (exact) mass is 1920 g/mol. The number of carbonyl (C=O) groups excluding carboxylic acids is 3. The Hall–Kier alpha value is -5.61. The molecule has 18 heteroatoms. The van der Waals surface area contributed by atoms with Gasteiger partial charge in [-0.25, -0.2) is 9.13 Å². The molecule has 135 heavy (non-hydrogen) atoms. The van der Waals surface area contributed by atoms with Gasteiger partial charge in [-0.05, 0) is 161 Å². The smallest absolute Gasteiger partial charge is 0.463 e. The summed E-state index contributed by atoms with van der Waals surface area (Å²) in [5.74, 6) is -1.56. The van der Waals surface area contributed by atoms with Crippen molar-refractivity contribution in [3.8, 4) is 0 Å². The minimum atomic E-state index is -4.95. The largest absolute Gasteiger partial charge is 0.472 e. The Bertz CT molecular complexity index is 3240. The van der Waals surface area contributed by atoms with Crippen LogP contribution in [0.3, 0.4) is 0 Å². The molecule has 0 aliphatic heterocycles. The minimum absolute atomic E-state index is 0.0959. The molecule has 0 saturated carbocycles. The molecule has 0 amide bonds. The maximum absolute atomic E-state index is 13.2. The molecule has 774 valence electrons. The molecule has 0 aromatic heterocycles. The minimum Gasteiger partial charge on any atom is -0.463 e. The first-order valence-electron chi connectivity index (χ1n) is 54.7. The first-order valence-corrected chi connectivity index (χ1v) is 57.7. The number of carbonyl (C=O) groups is 3. The molecule has 0 aliphatic carbocycles. The van der Waals surface area contributed by atoms with Gasteiger partial charge in [0.25, 0.3) is 0 Å². The maximum atomic E-state index is 13.2. The van der Waals surface area contributed by atoms with E-state index in [0.717, 1.165) is 173 Å². The van der Waals surface area contributed by atoms with Crippen LogP contribution in [0.25, 0.3) is 0 Å². The third-order valence-corrected chi connectivity index (χ3v) is 25.2. The van der Waals surface area contributed by atoms with Gasteiger partial charge >= 0.3 is 33.6 Å². The second-order valence-electron chi connectivity index (χ2n) is 36.3. The molecule has 0 fully saturated rings. The molecule has 0 bridgehead atoms. The number of hydrogen-bond donors (Lipinski definition) is 4. The van der Waals surface area contributed by atoms with Crippen molar-refractivity contribution in [2.45, 2.75) is 489 Å². The first kappa shape index (κ1) is 129. The van der Waals surface area contributed by atoms with Crippen molar-refractivity contribution >= 4 is 33.6 Å². The van der Waals surface area contributed by atoms with Gasteiger partial charge in [0.2, 0.25) is 0 Å². The summed E-state index contributed by atoms with van der Waals surface area (Å²) in [4.78, 5) is 59.3. The lowest BCUT2D eigenvalue weighted by Crippen LogP contribution is -2.30. The summed E-state index contributed by atoms with van der Waals surface area (Å²) >= 11 is 0. The van der Waals surface area contributed by atoms with Crippen LogP contribution in [0.2, 0.25) is 0 Å². The Morgan fingerprint density at radius 2 is 0.370 bits per heavy atom. The highest BCUT2D eigenvalue weighted by molar-refractivity contribution is 7.47. The quantitative estimate of drug-likeness (QED) is 0.0146. The van der Waals surface area contributed by atoms with Crippen molar-refractivity contribution in [1.82, 2.24) is 0 Å². The standard InChI is InChI=1S/C117H200O16P2/c1-4-7-10-13-16-19-22-25-28-31-34-37-40-43-46-49-51-53-55-57-59-62-64-67-70-73-76-79-82-85-88-91-94-97-100-103-115(120)127-106-112(118)107-129-134(123,124)130-108-113(119)109-131-135(125,126)132-111-114(133-117(122)105-102-99-96-93-90-87-84-81-78-75-72-69-66-61-48-45-42-39-36-33-30-27-24-21-18-15-12-9-6-3)110-128-116(121)104-101-98-95-92-89-86-83-80-77-74-71-68-65-63-60-58-56-54-52-50-47-44-41-38-35-32-29-26-23-20-17-14-11-8-5-2/h7-12,16-21,25-30,34-39,43-48,66,69,112-114,118-119H,4-6,13-15,22-24,31-33,40-42,49-65,67-68,70-111H2,1-3H3,(H,123,124)(H,125,126)/b10-7-,11-8-,12-9-,19-16-,20-17-,21-18-,28-25-,29-26-,30-27-,37-34-,38-35-,39-36-,46-43-,47-44-,48-45-,69-66-. The third-order valence-electron chi connectivity index (χ3n) is 23.3. The van der Waals surface area contributed by atoms with Crippen LogP contribution in [0.1, 0.15) is 470 Å². The molecule has 5 atom stereocenters. The number of aliphatic hydroxyl groups is 2. The van der Waals surface area contributed by atoms with E-state index in [-0.39, 0.29) is 19.3 Å². The zero-order valence-corrected chi connectivity index (χ0v) is 87.8. The molecule has 0 saturated heterocycles. The van der Waals surface area contributed by atoms with Crippen LogP contribution in [0.4, 0.5) is 0 Å². The number of phosphoric ester groups is 2. The fourth-order valence-electron chi connectivity index (χ4n) is 15.2. The SMILES string of the molecule is CC/C=C\C/C=C\C/C=C\C/C=C\C/C=C\C/C=C\CCCCCCCCCCCCC(=O)OC(COC(=O)CCCCCCCCCCCCCCCCCCCCC/C=C\C/C=C\C/C=C\C/C=C\C/C=C\CC)COP(=O)(O)OCC(O)COP(=O)(O)OCC(O)COC(=O)CCCCCCCCCCCCCCCCCCCCC/C=C\C/C=C\C/C=C\C/C=C\C/C=C\CC. The Labute approximate surface area is 827 Å². The summed E-state index contributed by atoms with van der Waals surface area (Å²) in [5.41, 5.74) is 0. The van der Waals surface area contributed by atoms with Crippen molar-refractivity contribution in [2.24, 2.45) is 0 Å². The van der Waals surface area contributed by atoms with Crippen molar-refractivity contribution in [3.05, 3.63) is 194 Å². The van der Waals surface area contributed by atoms with Crippen molar-refractivity contribution in [1.29, 1.82) is 0 Å². The summed E-state index contributed by atoms with van der Waals surface area (Å²) in [7, 11) is -9.82. The lowest BCUT2D eigenvalue weighted by molar-refractivity contribution is -0.161. The number of unbranched alkanes of at least 4 members (excludes halogenated alkanes) is 48. The lowest BCUT2D eigenvalue weighted by atomic mass is 10.0. The van der Waals surface area contributed by atoms with Gasteiger partial charge in [-0.2, -0.15) is 0 Å². The summed E-state index contributed by atoms with van der Waals surface area (Å²) in [6.45, 7) is 2.42. The molecule has 0 aromatic rings. The van der Waals surface area contributed by atoms with Crippen LogP contribution < -0.4 is 0 Å². The second-order valence-corrected chi connectivity index (χ2v) is 39.2. The topological polar surface area (TPSA) is 231 Å². The van der Waals surface area contributed by atoms with E-state index in [0.29, 0.717) is 19.3 Å². The van der Waals surface area contributed by atoms with Gasteiger partial charge in [-0.1, -0.05) is 485 Å². The van der Waals surface area contributed by atoms with Crippen LogP contribution in [0.15, 0.2) is 194 Å². The Morgan fingerprint density at radius 3 is 0.585 bits per heavy atom. The maximum Gasteiger partial charge on any atom is 0.472 e. The molecule has 0 heterocycles. The van der Waals surface area contributed by atoms with Gasteiger partial charge in [-0.15, -0.1) is 0 Å². The Kier molecular flexibility index (Phi) is 103. The van der Waals surface area contributed by atoms with E-state index >= 15 is 0 Å². The van der Waals surface area contributed by atoms with Gasteiger partial charge in [0.05, 0.1) is 26.4 Å². The second kappa shape index (κ2) is 107. The Morgan fingerprint density at radius 1 is 0.207 bits per heavy atom. The lowest BCUT2D eigenvalue weighted by Gasteiger charge is -2.21. The number of hydrogen-bond acceptors (Lipinski definition) is 14. The zero-order chi connectivity index (χ0) is 97.8.